The Morgan fingerprint density at radius 1 is 1.13 bits per heavy atom. The zero-order valence-corrected chi connectivity index (χ0v) is 19.3. The number of ether oxygens (including phenoxy) is 2. The molecule has 0 aliphatic heterocycles. The molecule has 1 aromatic heterocycles. The van der Waals surface area contributed by atoms with Crippen molar-refractivity contribution in [3.63, 3.8) is 0 Å². The van der Waals surface area contributed by atoms with Crippen molar-refractivity contribution in [3.8, 4) is 0 Å². The van der Waals surface area contributed by atoms with E-state index in [0.29, 0.717) is 26.9 Å². The lowest BCUT2D eigenvalue weighted by atomic mass is 10.1. The fourth-order valence-corrected chi connectivity index (χ4v) is 3.51. The summed E-state index contributed by atoms with van der Waals surface area (Å²) < 4.78 is 10.0. The number of halogens is 2. The normalized spacial score (nSPS) is 10.6. The number of rotatable bonds is 9. The van der Waals surface area contributed by atoms with Crippen LogP contribution in [0.4, 0.5) is 5.69 Å². The van der Waals surface area contributed by atoms with Crippen LogP contribution < -0.4 is 5.32 Å². The monoisotopic (exact) mass is 469 g/mol. The number of carbonyl (C=O) groups is 3. The Balaban J connectivity index is 2.16. The van der Waals surface area contributed by atoms with Crippen molar-refractivity contribution in [2.75, 3.05) is 38.7 Å². The number of carbonyl (C=O) groups excluding carboxylic acids is 3. The van der Waals surface area contributed by atoms with Crippen molar-refractivity contribution >= 4 is 46.7 Å². The Bertz CT molecular complexity index is 954. The number of amides is 2. The van der Waals surface area contributed by atoms with Crippen molar-refractivity contribution in [2.24, 2.45) is 0 Å². The Hall–Kier alpha value is -2.55. The first-order valence-electron chi connectivity index (χ1n) is 9.59. The molecule has 168 valence electrons. The van der Waals surface area contributed by atoms with Gasteiger partial charge in [-0.3, -0.25) is 9.59 Å². The molecule has 8 nitrogen and oxygen atoms in total. The minimum absolute atomic E-state index is 0.106. The van der Waals surface area contributed by atoms with E-state index in [4.69, 9.17) is 32.7 Å². The molecule has 0 aliphatic carbocycles. The Morgan fingerprint density at radius 3 is 2.35 bits per heavy atom. The van der Waals surface area contributed by atoms with Crippen molar-refractivity contribution in [3.05, 3.63) is 50.8 Å². The maximum absolute atomic E-state index is 13.1. The molecule has 2 rings (SSSR count). The van der Waals surface area contributed by atoms with E-state index in [1.54, 1.807) is 39.0 Å². The highest BCUT2D eigenvalue weighted by Crippen LogP contribution is 2.29. The van der Waals surface area contributed by atoms with Crippen molar-refractivity contribution in [1.29, 1.82) is 0 Å². The molecule has 0 atom stereocenters. The molecule has 0 spiro atoms. The first-order chi connectivity index (χ1) is 14.7. The Labute approximate surface area is 190 Å². The van der Waals surface area contributed by atoms with E-state index in [9.17, 15) is 14.4 Å². The predicted octanol–water partition coefficient (Wildman–Crippen LogP) is 3.84. The van der Waals surface area contributed by atoms with Crippen LogP contribution in [0.5, 0.6) is 0 Å². The number of H-pyrrole nitrogens is 1. The minimum atomic E-state index is -0.545. The standard InChI is InChI=1S/C21H25Cl2N3O5/c1-5-26(11-16(27)25-19-14(22)7-6-8-15(19)23)20(28)18-12(2)17(13(3)24-18)21(29)31-10-9-30-4/h6-8,24H,5,9-11H2,1-4H3,(H,25,27). The molecule has 0 bridgehead atoms. The summed E-state index contributed by atoms with van der Waals surface area (Å²) >= 11 is 12.2. The third-order valence-corrected chi connectivity index (χ3v) is 5.24. The van der Waals surface area contributed by atoms with Gasteiger partial charge >= 0.3 is 5.97 Å². The van der Waals surface area contributed by atoms with Gasteiger partial charge in [-0.1, -0.05) is 29.3 Å². The summed E-state index contributed by atoms with van der Waals surface area (Å²) in [5, 5.41) is 3.22. The highest BCUT2D eigenvalue weighted by atomic mass is 35.5. The second-order valence-corrected chi connectivity index (χ2v) is 7.53. The van der Waals surface area contributed by atoms with Gasteiger partial charge in [-0.15, -0.1) is 0 Å². The molecule has 2 N–H and O–H groups in total. The molecular formula is C21H25Cl2N3O5. The molecule has 0 radical (unpaired) electrons. The highest BCUT2D eigenvalue weighted by Gasteiger charge is 2.26. The number of methoxy groups -OCH3 is 1. The number of aryl methyl sites for hydroxylation is 1. The number of nitrogens with one attached hydrogen (secondary N) is 2. The number of hydrogen-bond donors (Lipinski definition) is 2. The van der Waals surface area contributed by atoms with Gasteiger partial charge in [-0.2, -0.15) is 0 Å². The fourth-order valence-electron chi connectivity index (χ4n) is 3.01. The molecule has 0 saturated heterocycles. The summed E-state index contributed by atoms with van der Waals surface area (Å²) in [7, 11) is 1.51. The van der Waals surface area contributed by atoms with E-state index in [1.165, 1.54) is 12.0 Å². The Morgan fingerprint density at radius 2 is 1.77 bits per heavy atom. The van der Waals surface area contributed by atoms with Crippen LogP contribution in [0.1, 0.15) is 39.0 Å². The number of aromatic nitrogens is 1. The lowest BCUT2D eigenvalue weighted by Gasteiger charge is -2.20. The molecular weight excluding hydrogens is 445 g/mol. The van der Waals surface area contributed by atoms with E-state index < -0.39 is 17.8 Å². The van der Waals surface area contributed by atoms with Gasteiger partial charge in [-0.25, -0.2) is 4.79 Å². The quantitative estimate of drug-likeness (QED) is 0.429. The molecule has 2 amide bonds. The number of anilines is 1. The summed E-state index contributed by atoms with van der Waals surface area (Å²) in [6.07, 6.45) is 0. The summed E-state index contributed by atoms with van der Waals surface area (Å²) in [6.45, 7) is 5.51. The Kier molecular flexibility index (Phi) is 8.91. The molecule has 0 aliphatic rings. The number of esters is 1. The lowest BCUT2D eigenvalue weighted by Crippen LogP contribution is -2.38. The van der Waals surface area contributed by atoms with Crippen LogP contribution in [0.15, 0.2) is 18.2 Å². The van der Waals surface area contributed by atoms with Gasteiger partial charge in [0, 0.05) is 19.3 Å². The first-order valence-corrected chi connectivity index (χ1v) is 10.3. The van der Waals surface area contributed by atoms with Gasteiger partial charge in [0.05, 0.1) is 27.9 Å². The SMILES string of the molecule is CCN(CC(=O)Nc1c(Cl)cccc1Cl)C(=O)c1[nH]c(C)c(C(=O)OCCOC)c1C. The minimum Gasteiger partial charge on any atom is -0.460 e. The van der Waals surface area contributed by atoms with Crippen molar-refractivity contribution in [2.45, 2.75) is 20.8 Å². The molecule has 10 heteroatoms. The van der Waals surface area contributed by atoms with Gasteiger partial charge in [0.25, 0.3) is 5.91 Å². The summed E-state index contributed by atoms with van der Waals surface area (Å²) in [5.74, 6) is -1.42. The van der Waals surface area contributed by atoms with Crippen LogP contribution in [-0.2, 0) is 14.3 Å². The molecule has 0 unspecified atom stereocenters. The third-order valence-electron chi connectivity index (χ3n) is 4.61. The summed E-state index contributed by atoms with van der Waals surface area (Å²) in [4.78, 5) is 42.2. The fraction of sp³-hybridized carbons (Fsp3) is 0.381. The van der Waals surface area contributed by atoms with E-state index in [1.807, 2.05) is 0 Å². The molecule has 1 aromatic carbocycles. The maximum atomic E-state index is 13.1. The molecule has 0 fully saturated rings. The molecule has 2 aromatic rings. The maximum Gasteiger partial charge on any atom is 0.340 e. The number of aromatic amines is 1. The van der Waals surface area contributed by atoms with Crippen LogP contribution in [0, 0.1) is 13.8 Å². The third kappa shape index (κ3) is 6.00. The second-order valence-electron chi connectivity index (χ2n) is 6.72. The highest BCUT2D eigenvalue weighted by molar-refractivity contribution is 6.39. The number of nitrogens with zero attached hydrogens (tertiary/aromatic N) is 1. The van der Waals surface area contributed by atoms with E-state index >= 15 is 0 Å². The van der Waals surface area contributed by atoms with Gasteiger partial charge in [0.15, 0.2) is 0 Å². The van der Waals surface area contributed by atoms with Crippen LogP contribution in [0.25, 0.3) is 0 Å². The average molecular weight is 470 g/mol. The van der Waals surface area contributed by atoms with E-state index in [-0.39, 0.29) is 37.7 Å². The second kappa shape index (κ2) is 11.2. The van der Waals surface area contributed by atoms with Crippen LogP contribution >= 0.6 is 23.2 Å². The van der Waals surface area contributed by atoms with Gasteiger partial charge in [0.2, 0.25) is 5.91 Å². The van der Waals surface area contributed by atoms with Gasteiger partial charge < -0.3 is 24.7 Å². The van der Waals surface area contributed by atoms with Crippen LogP contribution in [-0.4, -0.2) is 61.1 Å². The number of para-hydroxylation sites is 1. The zero-order valence-electron chi connectivity index (χ0n) is 17.8. The van der Waals surface area contributed by atoms with Crippen molar-refractivity contribution in [1.82, 2.24) is 9.88 Å². The number of hydrogen-bond acceptors (Lipinski definition) is 5. The average Bonchev–Trinajstić information content (AvgIpc) is 3.02. The van der Waals surface area contributed by atoms with Crippen LogP contribution in [0.2, 0.25) is 10.0 Å². The van der Waals surface area contributed by atoms with Crippen LogP contribution in [0.3, 0.4) is 0 Å². The zero-order chi connectivity index (χ0) is 23.1. The number of likely N-dealkylation sites (N-methyl/N-ethyl adjacent to an activating group) is 1. The largest absolute Gasteiger partial charge is 0.460 e. The van der Waals surface area contributed by atoms with E-state index in [0.717, 1.165) is 0 Å². The van der Waals surface area contributed by atoms with Gasteiger partial charge in [-0.05, 0) is 38.5 Å². The summed E-state index contributed by atoms with van der Waals surface area (Å²) in [6, 6.07) is 4.87. The molecule has 31 heavy (non-hydrogen) atoms. The first kappa shape index (κ1) is 24.7. The smallest absolute Gasteiger partial charge is 0.340 e. The van der Waals surface area contributed by atoms with Gasteiger partial charge in [0.1, 0.15) is 18.8 Å². The van der Waals surface area contributed by atoms with Crippen molar-refractivity contribution < 1.29 is 23.9 Å². The predicted molar refractivity (Wildman–Crippen MR) is 119 cm³/mol. The van der Waals surface area contributed by atoms with E-state index in [2.05, 4.69) is 10.3 Å². The molecule has 1 heterocycles. The number of benzene rings is 1. The summed E-state index contributed by atoms with van der Waals surface area (Å²) in [5.41, 5.74) is 1.77. The lowest BCUT2D eigenvalue weighted by molar-refractivity contribution is -0.116. The topological polar surface area (TPSA) is 101 Å². The molecule has 0 saturated carbocycles.